The second kappa shape index (κ2) is 6.96. The fourth-order valence-electron chi connectivity index (χ4n) is 1.87. The van der Waals surface area contributed by atoms with Crippen LogP contribution in [0.25, 0.3) is 0 Å². The van der Waals surface area contributed by atoms with Gasteiger partial charge in [0.05, 0.1) is 5.69 Å². The van der Waals surface area contributed by atoms with Crippen molar-refractivity contribution >= 4 is 11.6 Å². The Kier molecular flexibility index (Phi) is 5.91. The number of nitrogens with two attached hydrogens (primary N) is 1. The predicted molar refractivity (Wildman–Crippen MR) is 68.9 cm³/mol. The molecule has 0 aliphatic heterocycles. The molecular formula is C11H21ClN4O. The minimum atomic E-state index is 0.200. The van der Waals surface area contributed by atoms with Crippen molar-refractivity contribution in [1.29, 1.82) is 0 Å². The molecule has 0 aliphatic rings. The molecule has 0 aliphatic carbocycles. The maximum atomic E-state index is 6.18. The Morgan fingerprint density at radius 1 is 1.59 bits per heavy atom. The molecule has 0 saturated heterocycles. The number of ether oxygens (including phenoxy) is 1. The summed E-state index contributed by atoms with van der Waals surface area (Å²) >= 11 is 6.18. The number of aromatic nitrogens is 2. The molecule has 0 fully saturated rings. The summed E-state index contributed by atoms with van der Waals surface area (Å²) in [6.07, 6.45) is 2.72. The second-order valence-electron chi connectivity index (χ2n) is 4.18. The van der Waals surface area contributed by atoms with Crippen LogP contribution >= 0.6 is 11.6 Å². The lowest BCUT2D eigenvalue weighted by atomic mass is 10.0. The van der Waals surface area contributed by atoms with E-state index in [0.29, 0.717) is 5.15 Å². The van der Waals surface area contributed by atoms with Crippen LogP contribution in [0.1, 0.15) is 24.1 Å². The third kappa shape index (κ3) is 3.96. The number of hydrogen-bond donors (Lipinski definition) is 2. The van der Waals surface area contributed by atoms with Crippen molar-refractivity contribution in [1.82, 2.24) is 15.2 Å². The zero-order chi connectivity index (χ0) is 12.8. The maximum Gasteiger partial charge on any atom is 0.130 e. The largest absolute Gasteiger partial charge is 0.385 e. The Bertz CT molecular complexity index is 353. The van der Waals surface area contributed by atoms with E-state index in [1.165, 1.54) is 0 Å². The third-order valence-electron chi connectivity index (χ3n) is 2.86. The van der Waals surface area contributed by atoms with Crippen molar-refractivity contribution in [2.75, 3.05) is 13.7 Å². The zero-order valence-electron chi connectivity index (χ0n) is 10.7. The van der Waals surface area contributed by atoms with Gasteiger partial charge in [0.15, 0.2) is 0 Å². The predicted octanol–water partition coefficient (Wildman–Crippen LogP) is 1.18. The van der Waals surface area contributed by atoms with E-state index in [0.717, 1.165) is 37.1 Å². The summed E-state index contributed by atoms with van der Waals surface area (Å²) < 4.78 is 6.72. The van der Waals surface area contributed by atoms with Gasteiger partial charge in [0, 0.05) is 32.4 Å². The lowest BCUT2D eigenvalue weighted by Gasteiger charge is -2.15. The quantitative estimate of drug-likeness (QED) is 0.439. The number of nitrogens with zero attached hydrogens (tertiary/aromatic N) is 2. The molecule has 98 valence electrons. The molecule has 1 atom stereocenters. The zero-order valence-corrected chi connectivity index (χ0v) is 11.4. The molecule has 5 nitrogen and oxygen atoms in total. The molecule has 1 rings (SSSR count). The monoisotopic (exact) mass is 260 g/mol. The van der Waals surface area contributed by atoms with Gasteiger partial charge in [-0.3, -0.25) is 16.0 Å². The Balaban J connectivity index is 2.60. The average Bonchev–Trinajstić information content (AvgIpc) is 2.54. The highest BCUT2D eigenvalue weighted by atomic mass is 35.5. The van der Waals surface area contributed by atoms with Gasteiger partial charge in [0.1, 0.15) is 5.15 Å². The third-order valence-corrected chi connectivity index (χ3v) is 3.33. The first-order valence-corrected chi connectivity index (χ1v) is 6.11. The molecule has 1 aromatic rings. The number of halogens is 1. The van der Waals surface area contributed by atoms with Gasteiger partial charge in [0.25, 0.3) is 0 Å². The molecule has 6 heteroatoms. The van der Waals surface area contributed by atoms with E-state index in [1.54, 1.807) is 11.8 Å². The van der Waals surface area contributed by atoms with E-state index < -0.39 is 0 Å². The summed E-state index contributed by atoms with van der Waals surface area (Å²) in [5, 5.41) is 4.98. The summed E-state index contributed by atoms with van der Waals surface area (Å²) in [7, 11) is 3.54. The molecule has 3 N–H and O–H groups in total. The highest BCUT2D eigenvalue weighted by Crippen LogP contribution is 2.21. The fraction of sp³-hybridized carbons (Fsp3) is 0.727. The van der Waals surface area contributed by atoms with Crippen LogP contribution in [0.3, 0.4) is 0 Å². The smallest absolute Gasteiger partial charge is 0.130 e. The highest BCUT2D eigenvalue weighted by Gasteiger charge is 2.16. The van der Waals surface area contributed by atoms with Gasteiger partial charge in [-0.1, -0.05) is 11.6 Å². The van der Waals surface area contributed by atoms with Crippen LogP contribution < -0.4 is 11.3 Å². The van der Waals surface area contributed by atoms with Crippen LogP contribution in [0.4, 0.5) is 0 Å². The molecule has 0 radical (unpaired) electrons. The van der Waals surface area contributed by atoms with Crippen LogP contribution in [0, 0.1) is 6.92 Å². The van der Waals surface area contributed by atoms with E-state index in [4.69, 9.17) is 22.2 Å². The molecule has 17 heavy (non-hydrogen) atoms. The van der Waals surface area contributed by atoms with Crippen molar-refractivity contribution in [3.63, 3.8) is 0 Å². The number of nitrogens with one attached hydrogen (secondary N) is 1. The molecule has 1 aromatic heterocycles. The van der Waals surface area contributed by atoms with Crippen LogP contribution in [0.5, 0.6) is 0 Å². The maximum absolute atomic E-state index is 6.18. The Labute approximate surface area is 107 Å². The first-order chi connectivity index (χ1) is 8.10. The van der Waals surface area contributed by atoms with Crippen LogP contribution in [0.2, 0.25) is 5.15 Å². The van der Waals surface area contributed by atoms with Gasteiger partial charge in [-0.15, -0.1) is 0 Å². The Hall–Kier alpha value is -0.620. The van der Waals surface area contributed by atoms with E-state index in [2.05, 4.69) is 10.5 Å². The van der Waals surface area contributed by atoms with E-state index in [9.17, 15) is 0 Å². The Morgan fingerprint density at radius 3 is 2.76 bits per heavy atom. The molecule has 0 bridgehead atoms. The van der Waals surface area contributed by atoms with Crippen molar-refractivity contribution in [3.05, 3.63) is 16.4 Å². The molecule has 1 heterocycles. The van der Waals surface area contributed by atoms with Crippen LogP contribution in [0.15, 0.2) is 0 Å². The molecule has 0 aromatic carbocycles. The molecule has 0 spiro atoms. The molecule has 1 unspecified atom stereocenters. The number of methoxy groups -OCH3 is 1. The number of rotatable bonds is 7. The van der Waals surface area contributed by atoms with Crippen molar-refractivity contribution in [2.24, 2.45) is 12.9 Å². The van der Waals surface area contributed by atoms with Gasteiger partial charge < -0.3 is 4.74 Å². The topological polar surface area (TPSA) is 65.1 Å². The van der Waals surface area contributed by atoms with Gasteiger partial charge in [-0.25, -0.2) is 0 Å². The minimum absolute atomic E-state index is 0.200. The van der Waals surface area contributed by atoms with Crippen molar-refractivity contribution in [3.8, 4) is 0 Å². The van der Waals surface area contributed by atoms with Gasteiger partial charge in [-0.2, -0.15) is 5.10 Å². The first kappa shape index (κ1) is 14.4. The lowest BCUT2D eigenvalue weighted by Crippen LogP contribution is -2.37. The highest BCUT2D eigenvalue weighted by molar-refractivity contribution is 6.30. The SMILES string of the molecule is COCCCC(Cc1c(C)nn(C)c1Cl)NN. The van der Waals surface area contributed by atoms with Crippen LogP contribution in [-0.4, -0.2) is 29.5 Å². The number of hydrazine groups is 1. The summed E-state index contributed by atoms with van der Waals surface area (Å²) in [5.41, 5.74) is 4.85. The molecule has 0 saturated carbocycles. The summed E-state index contributed by atoms with van der Waals surface area (Å²) in [4.78, 5) is 0. The van der Waals surface area contributed by atoms with Gasteiger partial charge in [0.2, 0.25) is 0 Å². The molecular weight excluding hydrogens is 240 g/mol. The normalized spacial score (nSPS) is 13.0. The Morgan fingerprint density at radius 2 is 2.29 bits per heavy atom. The van der Waals surface area contributed by atoms with Gasteiger partial charge >= 0.3 is 0 Å². The summed E-state index contributed by atoms with van der Waals surface area (Å²) in [6.45, 7) is 2.71. The second-order valence-corrected chi connectivity index (χ2v) is 4.54. The standard InChI is InChI=1S/C11H21ClN4O/c1-8-10(11(12)16(2)15-8)7-9(14-13)5-4-6-17-3/h9,14H,4-7,13H2,1-3H3. The number of aryl methyl sites for hydroxylation is 2. The van der Waals surface area contributed by atoms with E-state index in [1.807, 2.05) is 14.0 Å². The number of hydrogen-bond acceptors (Lipinski definition) is 4. The minimum Gasteiger partial charge on any atom is -0.385 e. The van der Waals surface area contributed by atoms with Crippen molar-refractivity contribution in [2.45, 2.75) is 32.2 Å². The van der Waals surface area contributed by atoms with Crippen molar-refractivity contribution < 1.29 is 4.74 Å². The summed E-state index contributed by atoms with van der Waals surface area (Å²) in [5.74, 6) is 5.55. The average molecular weight is 261 g/mol. The summed E-state index contributed by atoms with van der Waals surface area (Å²) in [6, 6.07) is 0.200. The van der Waals surface area contributed by atoms with Crippen LogP contribution in [-0.2, 0) is 18.2 Å². The fourth-order valence-corrected chi connectivity index (χ4v) is 2.12. The van der Waals surface area contributed by atoms with E-state index in [-0.39, 0.29) is 6.04 Å². The molecule has 0 amide bonds. The van der Waals surface area contributed by atoms with Gasteiger partial charge in [-0.05, 0) is 26.2 Å². The van der Waals surface area contributed by atoms with E-state index >= 15 is 0 Å². The lowest BCUT2D eigenvalue weighted by molar-refractivity contribution is 0.188. The first-order valence-electron chi connectivity index (χ1n) is 5.73.